The highest BCUT2D eigenvalue weighted by Crippen LogP contribution is 2.27. The molecule has 0 saturated carbocycles. The van der Waals surface area contributed by atoms with Crippen LogP contribution in [0.2, 0.25) is 0 Å². The molecular weight excluding hydrogens is 214 g/mol. The van der Waals surface area contributed by atoms with Crippen LogP contribution in [0.25, 0.3) is 5.65 Å². The van der Waals surface area contributed by atoms with E-state index in [9.17, 15) is 0 Å². The van der Waals surface area contributed by atoms with Gasteiger partial charge in [-0.3, -0.25) is 4.40 Å². The van der Waals surface area contributed by atoms with Gasteiger partial charge in [-0.2, -0.15) is 0 Å². The minimum Gasteiger partial charge on any atom is -0.482 e. The van der Waals surface area contributed by atoms with Crippen LogP contribution in [0.5, 0.6) is 5.88 Å². The molecule has 3 rings (SSSR count). The number of hydrogen-bond donors (Lipinski definition) is 0. The molecule has 0 aliphatic carbocycles. The monoisotopic (exact) mass is 231 g/mol. The molecule has 0 aromatic carbocycles. The van der Waals surface area contributed by atoms with Gasteiger partial charge in [0, 0.05) is 18.7 Å². The largest absolute Gasteiger partial charge is 0.482 e. The molecule has 1 atom stereocenters. The number of nitrogens with zero attached hydrogens (tertiary/aromatic N) is 3. The molecule has 90 valence electrons. The van der Waals surface area contributed by atoms with E-state index in [1.807, 2.05) is 22.6 Å². The van der Waals surface area contributed by atoms with Crippen LogP contribution < -0.4 is 4.74 Å². The maximum atomic E-state index is 5.34. The second-order valence-corrected chi connectivity index (χ2v) is 4.71. The Morgan fingerprint density at radius 3 is 3.00 bits per heavy atom. The molecule has 2 aromatic rings. The number of rotatable bonds is 2. The van der Waals surface area contributed by atoms with Gasteiger partial charge in [0.2, 0.25) is 0 Å². The first-order valence-corrected chi connectivity index (χ1v) is 5.98. The number of imidazole rings is 1. The van der Waals surface area contributed by atoms with Gasteiger partial charge < -0.3 is 9.64 Å². The maximum absolute atomic E-state index is 5.34. The minimum atomic E-state index is 0.560. The number of methoxy groups -OCH3 is 1. The molecule has 0 radical (unpaired) electrons. The summed E-state index contributed by atoms with van der Waals surface area (Å²) in [6, 6.07) is 5.95. The zero-order valence-electron chi connectivity index (χ0n) is 10.3. The SMILES string of the molecule is COc1cccc2nc(C3CCN(C)C3)cn12. The summed E-state index contributed by atoms with van der Waals surface area (Å²) in [7, 11) is 3.86. The summed E-state index contributed by atoms with van der Waals surface area (Å²) >= 11 is 0. The number of aromatic nitrogens is 2. The van der Waals surface area contributed by atoms with Gasteiger partial charge in [-0.25, -0.2) is 4.98 Å². The lowest BCUT2D eigenvalue weighted by atomic mass is 10.1. The average molecular weight is 231 g/mol. The molecule has 4 nitrogen and oxygen atoms in total. The summed E-state index contributed by atoms with van der Waals surface area (Å²) in [5.74, 6) is 1.40. The Hall–Kier alpha value is -1.55. The van der Waals surface area contributed by atoms with Crippen molar-refractivity contribution in [3.8, 4) is 5.88 Å². The molecule has 1 aliphatic heterocycles. The fourth-order valence-corrected chi connectivity index (χ4v) is 2.54. The van der Waals surface area contributed by atoms with Crippen LogP contribution in [0.4, 0.5) is 0 Å². The first kappa shape index (κ1) is 10.6. The van der Waals surface area contributed by atoms with Crippen molar-refractivity contribution in [1.82, 2.24) is 14.3 Å². The zero-order chi connectivity index (χ0) is 11.8. The maximum Gasteiger partial charge on any atom is 0.198 e. The first-order valence-electron chi connectivity index (χ1n) is 5.98. The van der Waals surface area contributed by atoms with Crippen LogP contribution in [0.15, 0.2) is 24.4 Å². The van der Waals surface area contributed by atoms with E-state index in [-0.39, 0.29) is 0 Å². The fraction of sp³-hybridized carbons (Fsp3) is 0.462. The Kier molecular flexibility index (Phi) is 2.52. The summed E-state index contributed by atoms with van der Waals surface area (Å²) in [5.41, 5.74) is 2.15. The second kappa shape index (κ2) is 4.04. The Morgan fingerprint density at radius 2 is 2.29 bits per heavy atom. The normalized spacial score (nSPS) is 21.2. The van der Waals surface area contributed by atoms with E-state index >= 15 is 0 Å². The van der Waals surface area contributed by atoms with Gasteiger partial charge in [0.15, 0.2) is 5.88 Å². The summed E-state index contributed by atoms with van der Waals surface area (Å²) in [5, 5.41) is 0. The van der Waals surface area contributed by atoms with Crippen LogP contribution in [0, 0.1) is 0 Å². The number of ether oxygens (including phenoxy) is 1. The van der Waals surface area contributed by atoms with Crippen molar-refractivity contribution in [2.45, 2.75) is 12.3 Å². The summed E-state index contributed by atoms with van der Waals surface area (Å²) in [6.45, 7) is 2.27. The van der Waals surface area contributed by atoms with Gasteiger partial charge in [0.25, 0.3) is 0 Å². The Labute approximate surface area is 101 Å². The van der Waals surface area contributed by atoms with Gasteiger partial charge in [-0.1, -0.05) is 6.07 Å². The number of fused-ring (bicyclic) bond motifs is 1. The fourth-order valence-electron chi connectivity index (χ4n) is 2.54. The van der Waals surface area contributed by atoms with Crippen molar-refractivity contribution in [2.24, 2.45) is 0 Å². The minimum absolute atomic E-state index is 0.560. The first-order chi connectivity index (χ1) is 8.28. The van der Waals surface area contributed by atoms with Crippen LogP contribution in [-0.4, -0.2) is 41.5 Å². The number of likely N-dealkylation sites (tertiary alicyclic amines) is 1. The lowest BCUT2D eigenvalue weighted by molar-refractivity contribution is 0.392. The predicted octanol–water partition coefficient (Wildman–Crippen LogP) is 1.76. The van der Waals surface area contributed by atoms with E-state index in [2.05, 4.69) is 18.1 Å². The summed E-state index contributed by atoms with van der Waals surface area (Å²) in [4.78, 5) is 7.05. The smallest absolute Gasteiger partial charge is 0.198 e. The van der Waals surface area contributed by atoms with E-state index in [0.717, 1.165) is 24.6 Å². The van der Waals surface area contributed by atoms with E-state index in [4.69, 9.17) is 9.72 Å². The third-order valence-electron chi connectivity index (χ3n) is 3.49. The zero-order valence-corrected chi connectivity index (χ0v) is 10.3. The lowest BCUT2D eigenvalue weighted by Gasteiger charge is -2.06. The van der Waals surface area contributed by atoms with Crippen molar-refractivity contribution in [2.75, 3.05) is 27.2 Å². The van der Waals surface area contributed by atoms with Crippen molar-refractivity contribution in [1.29, 1.82) is 0 Å². The van der Waals surface area contributed by atoms with Crippen LogP contribution in [-0.2, 0) is 0 Å². The topological polar surface area (TPSA) is 29.8 Å². The molecule has 17 heavy (non-hydrogen) atoms. The Morgan fingerprint density at radius 1 is 1.41 bits per heavy atom. The molecule has 4 heteroatoms. The Bertz CT molecular complexity index is 534. The van der Waals surface area contributed by atoms with Gasteiger partial charge in [0.05, 0.1) is 12.8 Å². The average Bonchev–Trinajstić information content (AvgIpc) is 2.93. The van der Waals surface area contributed by atoms with Gasteiger partial charge in [0.1, 0.15) is 5.65 Å². The molecule has 1 aliphatic rings. The van der Waals surface area contributed by atoms with Crippen molar-refractivity contribution >= 4 is 5.65 Å². The number of hydrogen-bond acceptors (Lipinski definition) is 3. The van der Waals surface area contributed by atoms with Crippen molar-refractivity contribution in [3.63, 3.8) is 0 Å². The molecule has 0 N–H and O–H groups in total. The molecule has 1 saturated heterocycles. The predicted molar refractivity (Wildman–Crippen MR) is 66.6 cm³/mol. The van der Waals surface area contributed by atoms with Crippen molar-refractivity contribution < 1.29 is 4.74 Å². The summed E-state index contributed by atoms with van der Waals surface area (Å²) < 4.78 is 7.36. The van der Waals surface area contributed by atoms with Crippen molar-refractivity contribution in [3.05, 3.63) is 30.1 Å². The molecular formula is C13H17N3O. The van der Waals surface area contributed by atoms with Crippen LogP contribution in [0.3, 0.4) is 0 Å². The molecule has 0 bridgehead atoms. The second-order valence-electron chi connectivity index (χ2n) is 4.71. The highest BCUT2D eigenvalue weighted by Gasteiger charge is 2.23. The third-order valence-corrected chi connectivity index (χ3v) is 3.49. The van der Waals surface area contributed by atoms with E-state index < -0.39 is 0 Å². The molecule has 2 aromatic heterocycles. The van der Waals surface area contributed by atoms with E-state index in [1.54, 1.807) is 7.11 Å². The summed E-state index contributed by atoms with van der Waals surface area (Å²) in [6.07, 6.45) is 3.31. The van der Waals surface area contributed by atoms with Crippen LogP contribution >= 0.6 is 0 Å². The van der Waals surface area contributed by atoms with E-state index in [0.29, 0.717) is 5.92 Å². The molecule has 1 unspecified atom stereocenters. The number of likely N-dealkylation sites (N-methyl/N-ethyl adjacent to an activating group) is 1. The lowest BCUT2D eigenvalue weighted by Crippen LogP contribution is -2.13. The number of pyridine rings is 1. The van der Waals surface area contributed by atoms with Gasteiger partial charge >= 0.3 is 0 Å². The standard InChI is InChI=1S/C13H17N3O/c1-15-7-6-10(8-15)11-9-16-12(14-11)4-3-5-13(16)17-2/h3-5,9-10H,6-8H2,1-2H3. The third kappa shape index (κ3) is 1.78. The van der Waals surface area contributed by atoms with E-state index in [1.165, 1.54) is 12.1 Å². The van der Waals surface area contributed by atoms with Crippen LogP contribution in [0.1, 0.15) is 18.0 Å². The van der Waals surface area contributed by atoms with Gasteiger partial charge in [-0.05, 0) is 32.1 Å². The van der Waals surface area contributed by atoms with Gasteiger partial charge in [-0.15, -0.1) is 0 Å². The Balaban J connectivity index is 2.01. The molecule has 1 fully saturated rings. The highest BCUT2D eigenvalue weighted by molar-refractivity contribution is 5.44. The quantitative estimate of drug-likeness (QED) is 0.789. The molecule has 0 spiro atoms. The molecule has 0 amide bonds. The highest BCUT2D eigenvalue weighted by atomic mass is 16.5. The molecule has 3 heterocycles.